The van der Waals surface area contributed by atoms with Gasteiger partial charge in [0, 0.05) is 11.1 Å². The summed E-state index contributed by atoms with van der Waals surface area (Å²) in [4.78, 5) is 12.6. The van der Waals surface area contributed by atoms with Crippen LogP contribution in [0, 0.1) is 19.3 Å². The summed E-state index contributed by atoms with van der Waals surface area (Å²) < 4.78 is 5.88. The van der Waals surface area contributed by atoms with E-state index < -0.39 is 5.41 Å². The summed E-state index contributed by atoms with van der Waals surface area (Å²) in [5.74, 6) is 0.856. The minimum absolute atomic E-state index is 0.0500. The standard InChI is InChI=1S/C21H27ClN2O2/c1-14-6-7-15(2)19(12-14)26-11-5-10-21(3,4)20(25)24-16-8-9-17(22)18(23)13-16/h6-9,12-13H,5,10-11,23H2,1-4H3,(H,24,25). The van der Waals surface area contributed by atoms with E-state index in [4.69, 9.17) is 22.1 Å². The summed E-state index contributed by atoms with van der Waals surface area (Å²) >= 11 is 5.91. The van der Waals surface area contributed by atoms with E-state index in [1.807, 2.05) is 33.8 Å². The van der Waals surface area contributed by atoms with Gasteiger partial charge in [-0.1, -0.05) is 37.6 Å². The Morgan fingerprint density at radius 2 is 1.92 bits per heavy atom. The van der Waals surface area contributed by atoms with E-state index in [2.05, 4.69) is 17.4 Å². The van der Waals surface area contributed by atoms with Crippen LogP contribution in [-0.4, -0.2) is 12.5 Å². The minimum Gasteiger partial charge on any atom is -0.493 e. The first kappa shape index (κ1) is 20.1. The molecule has 0 atom stereocenters. The van der Waals surface area contributed by atoms with E-state index in [9.17, 15) is 4.79 Å². The molecule has 0 bridgehead atoms. The summed E-state index contributed by atoms with van der Waals surface area (Å²) in [7, 11) is 0. The van der Waals surface area contributed by atoms with Gasteiger partial charge in [0.15, 0.2) is 0 Å². The number of hydrogen-bond acceptors (Lipinski definition) is 3. The highest BCUT2D eigenvalue weighted by Gasteiger charge is 2.27. The van der Waals surface area contributed by atoms with Crippen molar-refractivity contribution < 1.29 is 9.53 Å². The Balaban J connectivity index is 1.86. The van der Waals surface area contributed by atoms with Crippen LogP contribution in [0.2, 0.25) is 5.02 Å². The summed E-state index contributed by atoms with van der Waals surface area (Å²) in [6, 6.07) is 11.3. The van der Waals surface area contributed by atoms with Gasteiger partial charge in [0.05, 0.1) is 17.3 Å². The first-order chi connectivity index (χ1) is 12.2. The van der Waals surface area contributed by atoms with Crippen molar-refractivity contribution >= 4 is 28.9 Å². The smallest absolute Gasteiger partial charge is 0.230 e. The van der Waals surface area contributed by atoms with Crippen molar-refractivity contribution in [3.63, 3.8) is 0 Å². The van der Waals surface area contributed by atoms with Crippen LogP contribution in [0.15, 0.2) is 36.4 Å². The lowest BCUT2D eigenvalue weighted by Crippen LogP contribution is -2.31. The van der Waals surface area contributed by atoms with Crippen LogP contribution < -0.4 is 15.8 Å². The van der Waals surface area contributed by atoms with Gasteiger partial charge in [-0.3, -0.25) is 4.79 Å². The monoisotopic (exact) mass is 374 g/mol. The van der Waals surface area contributed by atoms with E-state index in [0.29, 0.717) is 29.4 Å². The molecule has 0 saturated carbocycles. The molecule has 1 amide bonds. The van der Waals surface area contributed by atoms with Crippen molar-refractivity contribution in [2.45, 2.75) is 40.5 Å². The number of amides is 1. The average Bonchev–Trinajstić information content (AvgIpc) is 2.58. The molecular weight excluding hydrogens is 348 g/mol. The first-order valence-electron chi connectivity index (χ1n) is 8.75. The van der Waals surface area contributed by atoms with Crippen molar-refractivity contribution in [1.29, 1.82) is 0 Å². The van der Waals surface area contributed by atoms with E-state index in [1.54, 1.807) is 18.2 Å². The number of aryl methyl sites for hydroxylation is 2. The van der Waals surface area contributed by atoms with Crippen LogP contribution in [0.3, 0.4) is 0 Å². The third-order valence-corrected chi connectivity index (χ3v) is 4.76. The predicted octanol–water partition coefficient (Wildman–Crippen LogP) is 5.36. The highest BCUT2D eigenvalue weighted by atomic mass is 35.5. The number of nitrogens with one attached hydrogen (secondary N) is 1. The molecule has 26 heavy (non-hydrogen) atoms. The Labute approximate surface area is 160 Å². The van der Waals surface area contributed by atoms with Crippen LogP contribution >= 0.6 is 11.6 Å². The SMILES string of the molecule is Cc1ccc(C)c(OCCCC(C)(C)C(=O)Nc2ccc(Cl)c(N)c2)c1. The number of nitrogen functional groups attached to an aromatic ring is 1. The largest absolute Gasteiger partial charge is 0.493 e. The first-order valence-corrected chi connectivity index (χ1v) is 9.13. The maximum Gasteiger partial charge on any atom is 0.230 e. The highest BCUT2D eigenvalue weighted by Crippen LogP contribution is 2.27. The fourth-order valence-corrected chi connectivity index (χ4v) is 2.71. The molecule has 0 fully saturated rings. The van der Waals surface area contributed by atoms with E-state index >= 15 is 0 Å². The summed E-state index contributed by atoms with van der Waals surface area (Å²) in [6.45, 7) is 8.52. The molecule has 0 radical (unpaired) electrons. The van der Waals surface area contributed by atoms with Crippen LogP contribution in [-0.2, 0) is 4.79 Å². The maximum absolute atomic E-state index is 12.6. The highest BCUT2D eigenvalue weighted by molar-refractivity contribution is 6.33. The van der Waals surface area contributed by atoms with Gasteiger partial charge in [0.2, 0.25) is 5.91 Å². The van der Waals surface area contributed by atoms with Gasteiger partial charge >= 0.3 is 0 Å². The number of halogens is 1. The number of rotatable bonds is 7. The lowest BCUT2D eigenvalue weighted by atomic mass is 9.87. The molecule has 4 nitrogen and oxygen atoms in total. The molecule has 0 spiro atoms. The summed E-state index contributed by atoms with van der Waals surface area (Å²) in [6.07, 6.45) is 1.50. The van der Waals surface area contributed by atoms with Gasteiger partial charge in [-0.25, -0.2) is 0 Å². The quantitative estimate of drug-likeness (QED) is 0.506. The number of benzene rings is 2. The van der Waals surface area contributed by atoms with Gasteiger partial charge in [0.1, 0.15) is 5.75 Å². The van der Waals surface area contributed by atoms with Crippen molar-refractivity contribution in [2.75, 3.05) is 17.7 Å². The predicted molar refractivity (Wildman–Crippen MR) is 109 cm³/mol. The van der Waals surface area contributed by atoms with Crippen LogP contribution in [0.4, 0.5) is 11.4 Å². The topological polar surface area (TPSA) is 64.3 Å². The third-order valence-electron chi connectivity index (χ3n) is 4.42. The van der Waals surface area contributed by atoms with Gasteiger partial charge in [-0.05, 0) is 62.1 Å². The van der Waals surface area contributed by atoms with Gasteiger partial charge in [-0.2, -0.15) is 0 Å². The van der Waals surface area contributed by atoms with Crippen molar-refractivity contribution in [1.82, 2.24) is 0 Å². The molecule has 0 saturated heterocycles. The molecule has 0 aliphatic heterocycles. The number of anilines is 2. The van der Waals surface area contributed by atoms with E-state index in [0.717, 1.165) is 17.7 Å². The fraction of sp³-hybridized carbons (Fsp3) is 0.381. The maximum atomic E-state index is 12.6. The van der Waals surface area contributed by atoms with Gasteiger partial charge in [0.25, 0.3) is 0 Å². The lowest BCUT2D eigenvalue weighted by molar-refractivity contribution is -0.124. The normalized spacial score (nSPS) is 11.3. The van der Waals surface area contributed by atoms with Crippen molar-refractivity contribution in [2.24, 2.45) is 5.41 Å². The molecule has 5 heteroatoms. The molecule has 2 rings (SSSR count). The number of nitrogens with two attached hydrogens (primary N) is 1. The Morgan fingerprint density at radius 3 is 2.62 bits per heavy atom. The number of carbonyl (C=O) groups is 1. The van der Waals surface area contributed by atoms with E-state index in [1.165, 1.54) is 5.56 Å². The molecule has 2 aromatic carbocycles. The van der Waals surface area contributed by atoms with Crippen LogP contribution in [0.5, 0.6) is 5.75 Å². The average molecular weight is 375 g/mol. The van der Waals surface area contributed by atoms with Crippen molar-refractivity contribution in [3.8, 4) is 5.75 Å². The molecule has 0 aliphatic carbocycles. The zero-order chi connectivity index (χ0) is 19.3. The van der Waals surface area contributed by atoms with Crippen LogP contribution in [0.1, 0.15) is 37.8 Å². The second-order valence-electron chi connectivity index (χ2n) is 7.30. The molecule has 0 unspecified atom stereocenters. The molecule has 0 aromatic heterocycles. The minimum atomic E-state index is -0.514. The van der Waals surface area contributed by atoms with Crippen LogP contribution in [0.25, 0.3) is 0 Å². The summed E-state index contributed by atoms with van der Waals surface area (Å²) in [5.41, 5.74) is 8.66. The van der Waals surface area contributed by atoms with E-state index in [-0.39, 0.29) is 5.91 Å². The third kappa shape index (κ3) is 5.40. The molecule has 3 N–H and O–H groups in total. The zero-order valence-corrected chi connectivity index (χ0v) is 16.6. The fourth-order valence-electron chi connectivity index (χ4n) is 2.59. The zero-order valence-electron chi connectivity index (χ0n) is 15.9. The Kier molecular flexibility index (Phi) is 6.54. The molecular formula is C21H27ClN2O2. The Morgan fingerprint density at radius 1 is 1.19 bits per heavy atom. The molecule has 2 aromatic rings. The number of carbonyl (C=O) groups excluding carboxylic acids is 1. The Hall–Kier alpha value is -2.20. The second-order valence-corrected chi connectivity index (χ2v) is 7.70. The number of hydrogen-bond donors (Lipinski definition) is 2. The van der Waals surface area contributed by atoms with Gasteiger partial charge < -0.3 is 15.8 Å². The molecule has 0 aliphatic rings. The van der Waals surface area contributed by atoms with Crippen molar-refractivity contribution in [3.05, 3.63) is 52.5 Å². The number of ether oxygens (including phenoxy) is 1. The summed E-state index contributed by atoms with van der Waals surface area (Å²) in [5, 5.41) is 3.38. The lowest BCUT2D eigenvalue weighted by Gasteiger charge is -2.24. The van der Waals surface area contributed by atoms with Gasteiger partial charge in [-0.15, -0.1) is 0 Å². The Bertz CT molecular complexity index is 788. The molecule has 140 valence electrons. The second kappa shape index (κ2) is 8.45. The molecule has 0 heterocycles.